The van der Waals surface area contributed by atoms with Crippen LogP contribution in [0.3, 0.4) is 0 Å². The van der Waals surface area contributed by atoms with E-state index in [-0.39, 0.29) is 11.7 Å². The van der Waals surface area contributed by atoms with Crippen LogP contribution in [0.2, 0.25) is 0 Å². The molecule has 0 radical (unpaired) electrons. The number of ketones is 1. The smallest absolute Gasteiger partial charge is 0.221 e. The Morgan fingerprint density at radius 3 is 2.23 bits per heavy atom. The van der Waals surface area contributed by atoms with E-state index in [1.807, 2.05) is 24.3 Å². The van der Waals surface area contributed by atoms with Crippen molar-refractivity contribution in [3.05, 3.63) is 71.3 Å². The lowest BCUT2D eigenvalue weighted by Gasteiger charge is -2.02. The van der Waals surface area contributed by atoms with Crippen molar-refractivity contribution in [1.82, 2.24) is 0 Å². The van der Waals surface area contributed by atoms with Crippen molar-refractivity contribution in [2.45, 2.75) is 6.92 Å². The van der Waals surface area contributed by atoms with Gasteiger partial charge in [-0.05, 0) is 48.0 Å². The Bertz CT molecular complexity index is 748. The Kier molecular flexibility index (Phi) is 4.89. The van der Waals surface area contributed by atoms with E-state index in [0.29, 0.717) is 11.3 Å². The van der Waals surface area contributed by atoms with Crippen molar-refractivity contribution in [3.63, 3.8) is 0 Å². The maximum Gasteiger partial charge on any atom is 0.221 e. The molecule has 0 atom stereocenters. The molecule has 2 aromatic rings. The standard InChI is InChI=1S/C19H15NO2/c1-3-15-4-6-16(7-5-15)8-13-19(22)17-9-11-18(12-10-17)20-14(2)21/h1,4-13H,2H3,(H,20,21)/b13-8+. The molecule has 0 saturated heterocycles. The SMILES string of the molecule is C#Cc1ccc(/C=C/C(=O)c2ccc(NC(C)=O)cc2)cc1. The molecule has 0 unspecified atom stereocenters. The molecule has 1 amide bonds. The summed E-state index contributed by atoms with van der Waals surface area (Å²) >= 11 is 0. The molecular formula is C19H15NO2. The molecule has 1 N–H and O–H groups in total. The molecule has 0 spiro atoms. The molecule has 0 saturated carbocycles. The van der Waals surface area contributed by atoms with Gasteiger partial charge in [0.05, 0.1) is 0 Å². The predicted molar refractivity (Wildman–Crippen MR) is 88.5 cm³/mol. The van der Waals surface area contributed by atoms with E-state index >= 15 is 0 Å². The number of benzene rings is 2. The van der Waals surface area contributed by atoms with Crippen LogP contribution in [-0.2, 0) is 4.79 Å². The molecular weight excluding hydrogens is 274 g/mol. The molecule has 3 heteroatoms. The van der Waals surface area contributed by atoms with Crippen LogP contribution in [0.1, 0.15) is 28.4 Å². The van der Waals surface area contributed by atoms with Gasteiger partial charge < -0.3 is 5.32 Å². The van der Waals surface area contributed by atoms with Gasteiger partial charge in [-0.15, -0.1) is 6.42 Å². The van der Waals surface area contributed by atoms with Gasteiger partial charge in [0.1, 0.15) is 0 Å². The fraction of sp³-hybridized carbons (Fsp3) is 0.0526. The minimum Gasteiger partial charge on any atom is -0.326 e. The summed E-state index contributed by atoms with van der Waals surface area (Å²) in [6.07, 6.45) is 8.54. The quantitative estimate of drug-likeness (QED) is 0.532. The molecule has 0 bridgehead atoms. The predicted octanol–water partition coefficient (Wildman–Crippen LogP) is 3.52. The fourth-order valence-electron chi connectivity index (χ4n) is 1.88. The molecule has 2 rings (SSSR count). The van der Waals surface area contributed by atoms with Gasteiger partial charge >= 0.3 is 0 Å². The highest BCUT2D eigenvalue weighted by Gasteiger charge is 2.02. The van der Waals surface area contributed by atoms with Crippen LogP contribution < -0.4 is 5.32 Å². The van der Waals surface area contributed by atoms with Gasteiger partial charge in [0.15, 0.2) is 5.78 Å². The first-order valence-electron chi connectivity index (χ1n) is 6.75. The monoisotopic (exact) mass is 289 g/mol. The van der Waals surface area contributed by atoms with Crippen LogP contribution in [0.15, 0.2) is 54.6 Å². The zero-order valence-corrected chi connectivity index (χ0v) is 12.2. The van der Waals surface area contributed by atoms with Gasteiger partial charge in [-0.25, -0.2) is 0 Å². The summed E-state index contributed by atoms with van der Waals surface area (Å²) in [5.74, 6) is 2.30. The molecule has 0 heterocycles. The van der Waals surface area contributed by atoms with Crippen LogP contribution in [-0.4, -0.2) is 11.7 Å². The minimum atomic E-state index is -0.144. The Hall–Kier alpha value is -3.12. The number of amides is 1. The zero-order valence-electron chi connectivity index (χ0n) is 12.2. The topological polar surface area (TPSA) is 46.2 Å². The minimum absolute atomic E-state index is 0.101. The van der Waals surface area contributed by atoms with Gasteiger partial charge in [-0.3, -0.25) is 9.59 Å². The summed E-state index contributed by atoms with van der Waals surface area (Å²) in [5.41, 5.74) is 2.93. The van der Waals surface area contributed by atoms with Crippen molar-refractivity contribution in [1.29, 1.82) is 0 Å². The van der Waals surface area contributed by atoms with Crippen LogP contribution in [0.25, 0.3) is 6.08 Å². The molecule has 0 aliphatic heterocycles. The summed E-state index contributed by atoms with van der Waals surface area (Å²) in [6.45, 7) is 1.44. The largest absolute Gasteiger partial charge is 0.326 e. The van der Waals surface area contributed by atoms with Gasteiger partial charge in [0.25, 0.3) is 0 Å². The summed E-state index contributed by atoms with van der Waals surface area (Å²) in [7, 11) is 0. The number of terminal acetylenes is 1. The summed E-state index contributed by atoms with van der Waals surface area (Å²) < 4.78 is 0. The Morgan fingerprint density at radius 2 is 1.68 bits per heavy atom. The number of hydrogen-bond acceptors (Lipinski definition) is 2. The normalized spacial score (nSPS) is 10.2. The number of nitrogens with one attached hydrogen (secondary N) is 1. The lowest BCUT2D eigenvalue weighted by atomic mass is 10.1. The van der Waals surface area contributed by atoms with Crippen LogP contribution in [0.5, 0.6) is 0 Å². The fourth-order valence-corrected chi connectivity index (χ4v) is 1.88. The van der Waals surface area contributed by atoms with Crippen LogP contribution in [0.4, 0.5) is 5.69 Å². The zero-order chi connectivity index (χ0) is 15.9. The third kappa shape index (κ3) is 4.19. The third-order valence-corrected chi connectivity index (χ3v) is 2.99. The average molecular weight is 289 g/mol. The van der Waals surface area contributed by atoms with E-state index in [1.54, 1.807) is 30.3 Å². The number of carbonyl (C=O) groups is 2. The van der Waals surface area contributed by atoms with Gasteiger partial charge in [-0.1, -0.05) is 24.1 Å². The van der Waals surface area contributed by atoms with E-state index in [1.165, 1.54) is 13.0 Å². The molecule has 0 fully saturated rings. The Morgan fingerprint density at radius 1 is 1.05 bits per heavy atom. The number of rotatable bonds is 4. The van der Waals surface area contributed by atoms with Crippen molar-refractivity contribution < 1.29 is 9.59 Å². The third-order valence-electron chi connectivity index (χ3n) is 2.99. The van der Waals surface area contributed by atoms with Crippen molar-refractivity contribution in [3.8, 4) is 12.3 Å². The summed E-state index contributed by atoms with van der Waals surface area (Å²) in [6, 6.07) is 14.1. The van der Waals surface area contributed by atoms with Crippen molar-refractivity contribution in [2.75, 3.05) is 5.32 Å². The lowest BCUT2D eigenvalue weighted by molar-refractivity contribution is -0.114. The maximum absolute atomic E-state index is 12.1. The molecule has 0 aromatic heterocycles. The first kappa shape index (κ1) is 15.3. The van der Waals surface area contributed by atoms with E-state index in [9.17, 15) is 9.59 Å². The highest BCUT2D eigenvalue weighted by atomic mass is 16.1. The van der Waals surface area contributed by atoms with E-state index < -0.39 is 0 Å². The Balaban J connectivity index is 2.06. The van der Waals surface area contributed by atoms with Gasteiger partial charge in [-0.2, -0.15) is 0 Å². The number of anilines is 1. The summed E-state index contributed by atoms with van der Waals surface area (Å²) in [4.78, 5) is 23.0. The molecule has 0 aliphatic rings. The first-order chi connectivity index (χ1) is 10.6. The maximum atomic E-state index is 12.1. The summed E-state index contributed by atoms with van der Waals surface area (Å²) in [5, 5.41) is 2.66. The van der Waals surface area contributed by atoms with Crippen LogP contribution >= 0.6 is 0 Å². The highest BCUT2D eigenvalue weighted by molar-refractivity contribution is 6.07. The van der Waals surface area contributed by atoms with Crippen molar-refractivity contribution in [2.24, 2.45) is 0 Å². The molecule has 3 nitrogen and oxygen atoms in total. The second-order valence-corrected chi connectivity index (χ2v) is 4.72. The second kappa shape index (κ2) is 7.05. The number of carbonyl (C=O) groups excluding carboxylic acids is 2. The highest BCUT2D eigenvalue weighted by Crippen LogP contribution is 2.12. The average Bonchev–Trinajstić information content (AvgIpc) is 2.53. The van der Waals surface area contributed by atoms with Crippen molar-refractivity contribution >= 4 is 23.5 Å². The molecule has 108 valence electrons. The number of hydrogen-bond donors (Lipinski definition) is 1. The molecule has 22 heavy (non-hydrogen) atoms. The van der Waals surface area contributed by atoms with Gasteiger partial charge in [0, 0.05) is 23.7 Å². The lowest BCUT2D eigenvalue weighted by Crippen LogP contribution is -2.05. The van der Waals surface area contributed by atoms with E-state index in [4.69, 9.17) is 6.42 Å². The number of allylic oxidation sites excluding steroid dienone is 1. The first-order valence-corrected chi connectivity index (χ1v) is 6.75. The Labute approximate surface area is 129 Å². The van der Waals surface area contributed by atoms with Gasteiger partial charge in [0.2, 0.25) is 5.91 Å². The van der Waals surface area contributed by atoms with E-state index in [2.05, 4.69) is 11.2 Å². The second-order valence-electron chi connectivity index (χ2n) is 4.72. The van der Waals surface area contributed by atoms with E-state index in [0.717, 1.165) is 11.1 Å². The van der Waals surface area contributed by atoms with Crippen LogP contribution in [0, 0.1) is 12.3 Å². The molecule has 2 aromatic carbocycles. The molecule has 0 aliphatic carbocycles.